The number of halogens is 1. The Bertz CT molecular complexity index is 1060. The Labute approximate surface area is 191 Å². The van der Waals surface area contributed by atoms with Crippen LogP contribution in [-0.2, 0) is 0 Å². The second-order valence-corrected chi connectivity index (χ2v) is 8.10. The molecule has 1 fully saturated rings. The first kappa shape index (κ1) is 22.6. The SMILES string of the molecule is O=C(NC(=S)Nc1ccc([N+](=O)[O-])cc1Br)c1ccc(N2CCCCC2)c([N+](=O)[O-])c1. The highest BCUT2D eigenvalue weighted by atomic mass is 79.9. The number of carbonyl (C=O) groups excluding carboxylic acids is 1. The Balaban J connectivity index is 1.72. The molecule has 0 aromatic heterocycles. The van der Waals surface area contributed by atoms with Crippen LogP contribution in [0.4, 0.5) is 22.7 Å². The third-order valence-corrected chi connectivity index (χ3v) is 5.63. The van der Waals surface area contributed by atoms with Gasteiger partial charge in [-0.3, -0.25) is 30.3 Å². The summed E-state index contributed by atoms with van der Waals surface area (Å²) in [7, 11) is 0. The second-order valence-electron chi connectivity index (χ2n) is 6.84. The van der Waals surface area contributed by atoms with Crippen molar-refractivity contribution in [3.05, 3.63) is 66.7 Å². The number of non-ortho nitro benzene ring substituents is 1. The number of nitro groups is 2. The molecular formula is C19H18BrN5O5S. The molecule has 1 saturated heterocycles. The van der Waals surface area contributed by atoms with Crippen LogP contribution in [-0.4, -0.2) is 34.0 Å². The number of benzene rings is 2. The predicted octanol–water partition coefficient (Wildman–Crippen LogP) is 4.38. The first-order chi connectivity index (χ1) is 14.8. The molecule has 31 heavy (non-hydrogen) atoms. The van der Waals surface area contributed by atoms with E-state index in [-0.39, 0.29) is 22.1 Å². The van der Waals surface area contributed by atoms with Crippen molar-refractivity contribution in [2.45, 2.75) is 19.3 Å². The van der Waals surface area contributed by atoms with Crippen molar-refractivity contribution in [2.24, 2.45) is 0 Å². The van der Waals surface area contributed by atoms with Crippen LogP contribution < -0.4 is 15.5 Å². The van der Waals surface area contributed by atoms with Gasteiger partial charge in [0.2, 0.25) is 0 Å². The molecule has 0 saturated carbocycles. The minimum atomic E-state index is -0.608. The summed E-state index contributed by atoms with van der Waals surface area (Å²) < 4.78 is 0.389. The summed E-state index contributed by atoms with van der Waals surface area (Å²) >= 11 is 8.34. The van der Waals surface area contributed by atoms with E-state index in [9.17, 15) is 25.0 Å². The highest BCUT2D eigenvalue weighted by molar-refractivity contribution is 9.10. The lowest BCUT2D eigenvalue weighted by Gasteiger charge is -2.28. The minimum Gasteiger partial charge on any atom is -0.366 e. The summed E-state index contributed by atoms with van der Waals surface area (Å²) in [6, 6.07) is 8.39. The van der Waals surface area contributed by atoms with Crippen molar-refractivity contribution in [3.8, 4) is 0 Å². The van der Waals surface area contributed by atoms with Gasteiger partial charge in [-0.2, -0.15) is 0 Å². The van der Waals surface area contributed by atoms with Gasteiger partial charge in [0, 0.05) is 41.3 Å². The molecule has 2 N–H and O–H groups in total. The van der Waals surface area contributed by atoms with Crippen LogP contribution in [0.5, 0.6) is 0 Å². The lowest BCUT2D eigenvalue weighted by Crippen LogP contribution is -2.34. The number of amides is 1. The maximum atomic E-state index is 12.6. The number of nitro benzene ring substituents is 2. The largest absolute Gasteiger partial charge is 0.366 e. The quantitative estimate of drug-likeness (QED) is 0.346. The van der Waals surface area contributed by atoms with Gasteiger partial charge in [0.25, 0.3) is 17.3 Å². The molecule has 1 heterocycles. The van der Waals surface area contributed by atoms with E-state index in [1.807, 2.05) is 4.90 Å². The van der Waals surface area contributed by atoms with Gasteiger partial charge in [0.05, 0.1) is 15.5 Å². The molecule has 0 radical (unpaired) electrons. The molecule has 0 bridgehead atoms. The number of thiocarbonyl (C=S) groups is 1. The van der Waals surface area contributed by atoms with Crippen molar-refractivity contribution in [2.75, 3.05) is 23.3 Å². The molecule has 1 amide bonds. The average molecular weight is 508 g/mol. The molecule has 0 spiro atoms. The van der Waals surface area contributed by atoms with E-state index in [0.717, 1.165) is 32.4 Å². The molecule has 1 aliphatic rings. The Hall–Kier alpha value is -3.12. The smallest absolute Gasteiger partial charge is 0.293 e. The van der Waals surface area contributed by atoms with E-state index in [0.29, 0.717) is 15.8 Å². The zero-order chi connectivity index (χ0) is 22.5. The van der Waals surface area contributed by atoms with Crippen LogP contribution in [0.1, 0.15) is 29.6 Å². The maximum Gasteiger partial charge on any atom is 0.293 e. The van der Waals surface area contributed by atoms with E-state index >= 15 is 0 Å². The third-order valence-electron chi connectivity index (χ3n) is 4.77. The van der Waals surface area contributed by atoms with E-state index in [1.165, 1.54) is 30.3 Å². The van der Waals surface area contributed by atoms with Gasteiger partial charge in [-0.15, -0.1) is 0 Å². The summed E-state index contributed by atoms with van der Waals surface area (Å²) in [5.74, 6) is -0.608. The minimum absolute atomic E-state index is 0.0534. The molecule has 3 rings (SSSR count). The number of nitrogens with one attached hydrogen (secondary N) is 2. The van der Waals surface area contributed by atoms with Crippen LogP contribution in [0.25, 0.3) is 0 Å². The Morgan fingerprint density at radius 3 is 2.35 bits per heavy atom. The topological polar surface area (TPSA) is 131 Å². The highest BCUT2D eigenvalue weighted by Gasteiger charge is 2.23. The number of hydrogen-bond donors (Lipinski definition) is 2. The first-order valence-corrected chi connectivity index (χ1v) is 10.6. The van der Waals surface area contributed by atoms with Gasteiger partial charge >= 0.3 is 0 Å². The zero-order valence-electron chi connectivity index (χ0n) is 16.2. The highest BCUT2D eigenvalue weighted by Crippen LogP contribution is 2.31. The summed E-state index contributed by atoms with van der Waals surface area (Å²) in [4.78, 5) is 35.9. The van der Waals surface area contributed by atoms with Crippen LogP contribution in [0.2, 0.25) is 0 Å². The number of rotatable bonds is 5. The number of carbonyl (C=O) groups is 1. The lowest BCUT2D eigenvalue weighted by molar-refractivity contribution is -0.384. The predicted molar refractivity (Wildman–Crippen MR) is 124 cm³/mol. The average Bonchev–Trinajstić information content (AvgIpc) is 2.75. The van der Waals surface area contributed by atoms with Crippen LogP contribution >= 0.6 is 28.1 Å². The van der Waals surface area contributed by atoms with Crippen molar-refractivity contribution >= 4 is 61.9 Å². The Kier molecular flexibility index (Phi) is 7.13. The molecule has 1 aliphatic heterocycles. The molecule has 2 aromatic rings. The molecule has 0 aliphatic carbocycles. The third kappa shape index (κ3) is 5.52. The van der Waals surface area contributed by atoms with Crippen molar-refractivity contribution < 1.29 is 14.6 Å². The molecular weight excluding hydrogens is 490 g/mol. The first-order valence-electron chi connectivity index (χ1n) is 9.36. The van der Waals surface area contributed by atoms with Gasteiger partial charge in [-0.05, 0) is 65.6 Å². The maximum absolute atomic E-state index is 12.6. The fourth-order valence-corrected chi connectivity index (χ4v) is 3.93. The molecule has 2 aromatic carbocycles. The lowest BCUT2D eigenvalue weighted by atomic mass is 10.1. The second kappa shape index (κ2) is 9.79. The van der Waals surface area contributed by atoms with Gasteiger partial charge in [-0.25, -0.2) is 0 Å². The van der Waals surface area contributed by atoms with Crippen LogP contribution in [0.3, 0.4) is 0 Å². The monoisotopic (exact) mass is 507 g/mol. The summed E-state index contributed by atoms with van der Waals surface area (Å²) in [5.41, 5.74) is 0.776. The number of hydrogen-bond acceptors (Lipinski definition) is 7. The zero-order valence-corrected chi connectivity index (χ0v) is 18.6. The summed E-state index contributed by atoms with van der Waals surface area (Å²) in [5, 5.41) is 27.6. The number of piperidine rings is 1. The van der Waals surface area contributed by atoms with Crippen molar-refractivity contribution in [1.82, 2.24) is 5.32 Å². The van der Waals surface area contributed by atoms with Gasteiger partial charge in [0.15, 0.2) is 5.11 Å². The molecule has 162 valence electrons. The van der Waals surface area contributed by atoms with Gasteiger partial charge in [-0.1, -0.05) is 0 Å². The Morgan fingerprint density at radius 2 is 1.74 bits per heavy atom. The molecule has 0 unspecified atom stereocenters. The summed E-state index contributed by atoms with van der Waals surface area (Å²) in [6.07, 6.45) is 3.04. The fraction of sp³-hybridized carbons (Fsp3) is 0.263. The molecule has 12 heteroatoms. The van der Waals surface area contributed by atoms with Gasteiger partial charge in [0.1, 0.15) is 5.69 Å². The van der Waals surface area contributed by atoms with E-state index in [4.69, 9.17) is 12.2 Å². The Morgan fingerprint density at radius 1 is 1.03 bits per heavy atom. The standard InChI is InChI=1S/C19H18BrN5O5S/c20-14-11-13(24(27)28)5-6-15(14)21-19(31)22-18(26)12-4-7-16(17(10-12)25(29)30)23-8-2-1-3-9-23/h4-7,10-11H,1-3,8-9H2,(H2,21,22,26,31). The van der Waals surface area contributed by atoms with E-state index in [2.05, 4.69) is 26.6 Å². The number of anilines is 2. The normalized spacial score (nSPS) is 13.4. The fourth-order valence-electron chi connectivity index (χ4n) is 3.26. The van der Waals surface area contributed by atoms with E-state index < -0.39 is 15.8 Å². The van der Waals surface area contributed by atoms with E-state index in [1.54, 1.807) is 6.07 Å². The summed E-state index contributed by atoms with van der Waals surface area (Å²) in [6.45, 7) is 1.48. The van der Waals surface area contributed by atoms with Crippen molar-refractivity contribution in [3.63, 3.8) is 0 Å². The van der Waals surface area contributed by atoms with Crippen molar-refractivity contribution in [1.29, 1.82) is 0 Å². The van der Waals surface area contributed by atoms with Crippen LogP contribution in [0.15, 0.2) is 40.9 Å². The van der Waals surface area contributed by atoms with Crippen LogP contribution in [0, 0.1) is 20.2 Å². The molecule has 10 nitrogen and oxygen atoms in total. The number of nitrogens with zero attached hydrogens (tertiary/aromatic N) is 3. The van der Waals surface area contributed by atoms with Gasteiger partial charge < -0.3 is 10.2 Å². The molecule has 0 atom stereocenters.